The van der Waals surface area contributed by atoms with Gasteiger partial charge in [-0.25, -0.2) is 8.42 Å². The molecule has 1 aliphatic heterocycles. The molecule has 0 aliphatic carbocycles. The van der Waals surface area contributed by atoms with Crippen LogP contribution in [0.2, 0.25) is 0 Å². The molecule has 9 heteroatoms. The van der Waals surface area contributed by atoms with Crippen molar-refractivity contribution in [2.45, 2.75) is 11.4 Å². The second-order valence-corrected chi connectivity index (χ2v) is 7.58. The summed E-state index contributed by atoms with van der Waals surface area (Å²) in [6.07, 6.45) is 1.51. The van der Waals surface area contributed by atoms with Crippen LogP contribution in [0.25, 0.3) is 0 Å². The molecule has 3 rings (SSSR count). The van der Waals surface area contributed by atoms with E-state index >= 15 is 0 Å². The third-order valence-electron chi connectivity index (χ3n) is 4.03. The van der Waals surface area contributed by atoms with Crippen LogP contribution in [0, 0.1) is 0 Å². The maximum atomic E-state index is 12.8. The van der Waals surface area contributed by atoms with Crippen molar-refractivity contribution < 1.29 is 27.1 Å². The summed E-state index contributed by atoms with van der Waals surface area (Å²) >= 11 is 0. The van der Waals surface area contributed by atoms with Gasteiger partial charge in [0.05, 0.1) is 43.6 Å². The van der Waals surface area contributed by atoms with Crippen LogP contribution in [0.4, 0.5) is 0 Å². The first-order chi connectivity index (χ1) is 12.5. The fourth-order valence-electron chi connectivity index (χ4n) is 2.64. The van der Waals surface area contributed by atoms with E-state index in [9.17, 15) is 13.2 Å². The van der Waals surface area contributed by atoms with Crippen molar-refractivity contribution >= 4 is 15.9 Å². The average Bonchev–Trinajstić information content (AvgIpc) is 3.20. The predicted octanol–water partition coefficient (Wildman–Crippen LogP) is 1.24. The molecular weight excluding hydrogens is 360 g/mol. The summed E-state index contributed by atoms with van der Waals surface area (Å²) in [5.41, 5.74) is 0.147. The summed E-state index contributed by atoms with van der Waals surface area (Å²) in [5, 5.41) is 2.69. The Hall–Kier alpha value is -2.36. The minimum atomic E-state index is -3.70. The maximum absolute atomic E-state index is 12.8. The number of carbonyl (C=O) groups excluding carboxylic acids is 1. The number of amides is 1. The summed E-state index contributed by atoms with van der Waals surface area (Å²) in [6.45, 7) is 1.47. The van der Waals surface area contributed by atoms with E-state index in [4.69, 9.17) is 13.9 Å². The Kier molecular flexibility index (Phi) is 5.60. The minimum Gasteiger partial charge on any atom is -0.496 e. The first kappa shape index (κ1) is 18.4. The number of nitrogens with zero attached hydrogens (tertiary/aromatic N) is 1. The molecule has 1 amide bonds. The second kappa shape index (κ2) is 7.90. The highest BCUT2D eigenvalue weighted by Crippen LogP contribution is 2.25. The number of ether oxygens (including phenoxy) is 2. The molecule has 0 saturated carbocycles. The Morgan fingerprint density at radius 1 is 1.27 bits per heavy atom. The zero-order valence-corrected chi connectivity index (χ0v) is 15.1. The molecule has 0 spiro atoms. The van der Waals surface area contributed by atoms with Gasteiger partial charge in [0.15, 0.2) is 0 Å². The van der Waals surface area contributed by atoms with E-state index in [1.165, 1.54) is 35.9 Å². The van der Waals surface area contributed by atoms with E-state index in [1.54, 1.807) is 12.1 Å². The van der Waals surface area contributed by atoms with Gasteiger partial charge in [-0.1, -0.05) is 0 Å². The topological polar surface area (TPSA) is 98.1 Å². The van der Waals surface area contributed by atoms with Gasteiger partial charge in [-0.2, -0.15) is 4.31 Å². The summed E-state index contributed by atoms with van der Waals surface area (Å²) in [4.78, 5) is 12.6. The Bertz CT molecular complexity index is 857. The van der Waals surface area contributed by atoms with E-state index in [0.29, 0.717) is 24.7 Å². The zero-order valence-electron chi connectivity index (χ0n) is 14.3. The monoisotopic (exact) mass is 380 g/mol. The molecule has 140 valence electrons. The van der Waals surface area contributed by atoms with Gasteiger partial charge in [0, 0.05) is 13.1 Å². The number of carbonyl (C=O) groups is 1. The van der Waals surface area contributed by atoms with Gasteiger partial charge < -0.3 is 19.2 Å². The lowest BCUT2D eigenvalue weighted by Crippen LogP contribution is -2.40. The van der Waals surface area contributed by atoms with Crippen molar-refractivity contribution in [1.29, 1.82) is 0 Å². The summed E-state index contributed by atoms with van der Waals surface area (Å²) in [6, 6.07) is 7.71. The highest BCUT2D eigenvalue weighted by atomic mass is 32.2. The van der Waals surface area contributed by atoms with Crippen LogP contribution >= 0.6 is 0 Å². The van der Waals surface area contributed by atoms with Crippen molar-refractivity contribution in [3.8, 4) is 5.75 Å². The first-order valence-electron chi connectivity index (χ1n) is 8.09. The fourth-order valence-corrected chi connectivity index (χ4v) is 4.07. The SMILES string of the molecule is COc1ccc(S(=O)(=O)N2CCOCC2)cc1C(=O)NCc1ccco1. The Morgan fingerprint density at radius 3 is 2.69 bits per heavy atom. The lowest BCUT2D eigenvalue weighted by Gasteiger charge is -2.26. The van der Waals surface area contributed by atoms with Crippen LogP contribution in [0.15, 0.2) is 45.9 Å². The van der Waals surface area contributed by atoms with Crippen LogP contribution in [0.5, 0.6) is 5.75 Å². The van der Waals surface area contributed by atoms with Crippen LogP contribution in [-0.2, 0) is 21.3 Å². The molecule has 0 unspecified atom stereocenters. The number of furan rings is 1. The standard InChI is InChI=1S/C17H20N2O6S/c1-23-16-5-4-14(26(21,22)19-6-9-24-10-7-19)11-15(16)17(20)18-12-13-3-2-8-25-13/h2-5,8,11H,6-7,9-10,12H2,1H3,(H,18,20). The number of morpholine rings is 1. The molecule has 26 heavy (non-hydrogen) atoms. The molecule has 8 nitrogen and oxygen atoms in total. The fraction of sp³-hybridized carbons (Fsp3) is 0.353. The molecule has 0 atom stereocenters. The highest BCUT2D eigenvalue weighted by Gasteiger charge is 2.28. The van der Waals surface area contributed by atoms with Crippen molar-refractivity contribution in [1.82, 2.24) is 9.62 Å². The molecule has 1 aromatic carbocycles. The summed E-state index contributed by atoms with van der Waals surface area (Å²) < 4.78 is 42.5. The van der Waals surface area contributed by atoms with Gasteiger partial charge in [-0.3, -0.25) is 4.79 Å². The van der Waals surface area contributed by atoms with Gasteiger partial charge in [-0.15, -0.1) is 0 Å². The number of hydrogen-bond acceptors (Lipinski definition) is 6. The van der Waals surface area contributed by atoms with Crippen molar-refractivity contribution in [2.24, 2.45) is 0 Å². The molecule has 1 fully saturated rings. The Morgan fingerprint density at radius 2 is 2.04 bits per heavy atom. The van der Waals surface area contributed by atoms with E-state index in [-0.39, 0.29) is 30.1 Å². The normalized spacial score (nSPS) is 15.6. The second-order valence-electron chi connectivity index (χ2n) is 5.64. The molecule has 1 N–H and O–H groups in total. The summed E-state index contributed by atoms with van der Waals surface area (Å²) in [5.74, 6) is 0.439. The molecule has 0 radical (unpaired) electrons. The van der Waals surface area contributed by atoms with Gasteiger partial charge in [0.1, 0.15) is 11.5 Å². The molecule has 2 heterocycles. The molecule has 1 saturated heterocycles. The quantitative estimate of drug-likeness (QED) is 0.810. The molecule has 1 aromatic heterocycles. The number of hydrogen-bond donors (Lipinski definition) is 1. The lowest BCUT2D eigenvalue weighted by atomic mass is 10.2. The lowest BCUT2D eigenvalue weighted by molar-refractivity contribution is 0.0730. The zero-order chi connectivity index (χ0) is 18.6. The van der Waals surface area contributed by atoms with Crippen molar-refractivity contribution in [3.63, 3.8) is 0 Å². The highest BCUT2D eigenvalue weighted by molar-refractivity contribution is 7.89. The van der Waals surface area contributed by atoms with Crippen molar-refractivity contribution in [3.05, 3.63) is 47.9 Å². The van der Waals surface area contributed by atoms with E-state index < -0.39 is 15.9 Å². The number of rotatable bonds is 6. The van der Waals surface area contributed by atoms with E-state index in [0.717, 1.165) is 0 Å². The average molecular weight is 380 g/mol. The Labute approximate surface area is 151 Å². The van der Waals surface area contributed by atoms with Crippen LogP contribution < -0.4 is 10.1 Å². The van der Waals surface area contributed by atoms with Crippen molar-refractivity contribution in [2.75, 3.05) is 33.4 Å². The third-order valence-corrected chi connectivity index (χ3v) is 5.92. The summed E-state index contributed by atoms with van der Waals surface area (Å²) in [7, 11) is -2.28. The number of benzene rings is 1. The van der Waals surface area contributed by atoms with Crippen LogP contribution in [0.3, 0.4) is 0 Å². The number of methoxy groups -OCH3 is 1. The van der Waals surface area contributed by atoms with E-state index in [2.05, 4.69) is 5.32 Å². The molecule has 1 aliphatic rings. The molecular formula is C17H20N2O6S. The smallest absolute Gasteiger partial charge is 0.255 e. The van der Waals surface area contributed by atoms with Gasteiger partial charge >= 0.3 is 0 Å². The van der Waals surface area contributed by atoms with Gasteiger partial charge in [0.2, 0.25) is 10.0 Å². The number of sulfonamides is 1. The van der Waals surface area contributed by atoms with Gasteiger partial charge in [0.25, 0.3) is 5.91 Å². The van der Waals surface area contributed by atoms with E-state index in [1.807, 2.05) is 0 Å². The van der Waals surface area contributed by atoms with Gasteiger partial charge in [-0.05, 0) is 30.3 Å². The number of nitrogens with one attached hydrogen (secondary N) is 1. The Balaban J connectivity index is 1.84. The minimum absolute atomic E-state index is 0.0448. The molecule has 2 aromatic rings. The van der Waals surface area contributed by atoms with Crippen LogP contribution in [0.1, 0.15) is 16.1 Å². The predicted molar refractivity (Wildman–Crippen MR) is 92.5 cm³/mol. The largest absolute Gasteiger partial charge is 0.496 e. The maximum Gasteiger partial charge on any atom is 0.255 e. The first-order valence-corrected chi connectivity index (χ1v) is 9.53. The third kappa shape index (κ3) is 3.90. The van der Waals surface area contributed by atoms with Crippen LogP contribution in [-0.4, -0.2) is 52.0 Å². The molecule has 0 bridgehead atoms.